The van der Waals surface area contributed by atoms with Crippen LogP contribution in [0.1, 0.15) is 35.7 Å². The van der Waals surface area contributed by atoms with Crippen molar-refractivity contribution in [3.63, 3.8) is 0 Å². The molecule has 1 aromatic heterocycles. The third-order valence-electron chi connectivity index (χ3n) is 9.88. The van der Waals surface area contributed by atoms with E-state index in [0.29, 0.717) is 19.0 Å². The van der Waals surface area contributed by atoms with Crippen LogP contribution in [0.25, 0.3) is 0 Å². The van der Waals surface area contributed by atoms with Gasteiger partial charge in [-0.05, 0) is 66.6 Å². The maximum Gasteiger partial charge on any atom is 0.250 e. The fraction of sp³-hybridized carbons (Fsp3) is 0.351. The van der Waals surface area contributed by atoms with E-state index in [0.717, 1.165) is 55.1 Å². The molecule has 226 valence electrons. The van der Waals surface area contributed by atoms with Crippen molar-refractivity contribution in [2.75, 3.05) is 19.7 Å². The molecule has 2 saturated heterocycles. The number of fused-ring (bicyclic) bond motifs is 3. The summed E-state index contributed by atoms with van der Waals surface area (Å²) < 4.78 is 7.84. The molecule has 1 amide bonds. The lowest BCUT2D eigenvalue weighted by atomic mass is 9.86. The number of amides is 1. The number of likely N-dealkylation sites (tertiary alicyclic amines) is 2. The molecular formula is C37H39N3O4. The largest absolute Gasteiger partial charge is 0.457 e. The highest BCUT2D eigenvalue weighted by Crippen LogP contribution is 2.50. The fourth-order valence-corrected chi connectivity index (χ4v) is 7.71. The Balaban J connectivity index is 1.13. The van der Waals surface area contributed by atoms with Crippen molar-refractivity contribution in [3.8, 4) is 11.5 Å². The Bertz CT molecular complexity index is 1630. The second-order valence-electron chi connectivity index (χ2n) is 12.5. The fourth-order valence-electron chi connectivity index (χ4n) is 7.71. The lowest BCUT2D eigenvalue weighted by Gasteiger charge is -2.38. The van der Waals surface area contributed by atoms with Gasteiger partial charge in [-0.15, -0.1) is 0 Å². The lowest BCUT2D eigenvalue weighted by Crippen LogP contribution is -2.51. The van der Waals surface area contributed by atoms with Crippen LogP contribution < -0.4 is 10.3 Å². The molecule has 0 spiro atoms. The van der Waals surface area contributed by atoms with Crippen molar-refractivity contribution >= 4 is 5.91 Å². The van der Waals surface area contributed by atoms with Gasteiger partial charge in [-0.2, -0.15) is 0 Å². The zero-order valence-electron chi connectivity index (χ0n) is 24.9. The number of pyridine rings is 1. The summed E-state index contributed by atoms with van der Waals surface area (Å²) in [5, 5.41) is 10.7. The average molecular weight is 590 g/mol. The van der Waals surface area contributed by atoms with Gasteiger partial charge in [-0.25, -0.2) is 0 Å². The minimum atomic E-state index is -0.454. The third-order valence-corrected chi connectivity index (χ3v) is 9.88. The predicted octanol–water partition coefficient (Wildman–Crippen LogP) is 5.29. The highest BCUT2D eigenvalue weighted by molar-refractivity contribution is 5.83. The molecule has 7 rings (SSSR count). The molecule has 3 aromatic carbocycles. The van der Waals surface area contributed by atoms with Crippen molar-refractivity contribution in [2.24, 2.45) is 17.8 Å². The summed E-state index contributed by atoms with van der Waals surface area (Å²) in [6.07, 6.45) is 2.99. The zero-order chi connectivity index (χ0) is 30.0. The molecule has 4 heterocycles. The van der Waals surface area contributed by atoms with Gasteiger partial charge in [0.2, 0.25) is 5.91 Å². The highest BCUT2D eigenvalue weighted by atomic mass is 16.5. The summed E-state index contributed by atoms with van der Waals surface area (Å²) in [7, 11) is 0. The van der Waals surface area contributed by atoms with Crippen LogP contribution in [0, 0.1) is 17.8 Å². The van der Waals surface area contributed by atoms with Gasteiger partial charge in [-0.3, -0.25) is 14.5 Å². The summed E-state index contributed by atoms with van der Waals surface area (Å²) in [4.78, 5) is 31.5. The number of para-hydroxylation sites is 1. The molecule has 44 heavy (non-hydrogen) atoms. The Morgan fingerprint density at radius 1 is 0.795 bits per heavy atom. The number of aromatic nitrogens is 1. The van der Waals surface area contributed by atoms with E-state index in [2.05, 4.69) is 29.2 Å². The number of nitrogens with zero attached hydrogens (tertiary/aromatic N) is 3. The summed E-state index contributed by atoms with van der Waals surface area (Å²) in [6, 6.07) is 33.1. The van der Waals surface area contributed by atoms with E-state index in [4.69, 9.17) is 4.74 Å². The smallest absolute Gasteiger partial charge is 0.250 e. The number of hydrogen-bond donors (Lipinski definition) is 1. The summed E-state index contributed by atoms with van der Waals surface area (Å²) >= 11 is 0. The summed E-state index contributed by atoms with van der Waals surface area (Å²) in [6.45, 7) is 2.43. The Kier molecular flexibility index (Phi) is 8.07. The molecule has 0 radical (unpaired) electrons. The molecule has 2 fully saturated rings. The first-order chi connectivity index (χ1) is 21.6. The molecular weight excluding hydrogens is 550 g/mol. The topological polar surface area (TPSA) is 75.0 Å². The Hall–Kier alpha value is -4.20. The van der Waals surface area contributed by atoms with E-state index in [-0.39, 0.29) is 36.0 Å². The maximum absolute atomic E-state index is 14.4. The first-order valence-electron chi connectivity index (χ1n) is 15.8. The molecule has 3 aliphatic heterocycles. The van der Waals surface area contributed by atoms with E-state index in [1.54, 1.807) is 6.07 Å². The maximum atomic E-state index is 14.4. The molecule has 7 heteroatoms. The summed E-state index contributed by atoms with van der Waals surface area (Å²) in [5.74, 6) is 1.92. The van der Waals surface area contributed by atoms with E-state index < -0.39 is 6.04 Å². The van der Waals surface area contributed by atoms with Crippen molar-refractivity contribution in [3.05, 3.63) is 130 Å². The van der Waals surface area contributed by atoms with Gasteiger partial charge in [0, 0.05) is 56.4 Å². The third kappa shape index (κ3) is 5.58. The molecule has 3 aliphatic rings. The van der Waals surface area contributed by atoms with Gasteiger partial charge in [-0.1, -0.05) is 66.7 Å². The van der Waals surface area contributed by atoms with E-state index in [1.807, 2.05) is 82.3 Å². The zero-order valence-corrected chi connectivity index (χ0v) is 24.9. The number of benzene rings is 3. The van der Waals surface area contributed by atoms with Crippen molar-refractivity contribution in [1.29, 1.82) is 0 Å². The van der Waals surface area contributed by atoms with Crippen LogP contribution >= 0.6 is 0 Å². The van der Waals surface area contributed by atoms with Gasteiger partial charge in [0.25, 0.3) is 5.56 Å². The van der Waals surface area contributed by atoms with Gasteiger partial charge in [0.05, 0.1) is 12.1 Å². The quantitative estimate of drug-likeness (QED) is 0.303. The van der Waals surface area contributed by atoms with E-state index in [1.165, 1.54) is 5.56 Å². The number of ether oxygens (including phenoxy) is 1. The van der Waals surface area contributed by atoms with Crippen molar-refractivity contribution < 1.29 is 14.6 Å². The molecule has 0 bridgehead atoms. The second kappa shape index (κ2) is 12.4. The monoisotopic (exact) mass is 589 g/mol. The number of piperidine rings is 1. The Morgan fingerprint density at radius 3 is 2.18 bits per heavy atom. The van der Waals surface area contributed by atoms with Gasteiger partial charge < -0.3 is 19.3 Å². The van der Waals surface area contributed by atoms with Crippen LogP contribution in [0.15, 0.2) is 108 Å². The standard InChI is InChI=1S/C37H39N3O4/c41-25-32-31-24-39-33(12-7-13-34(39)42)35(31)40(23-28-14-16-30(17-15-28)44-29-10-5-2-6-11-29)36(32)37(43)38-20-18-27(19-21-38)22-26-8-3-1-4-9-26/h1-17,27,31-32,35-36,41H,18-25H2/t31-,32-,35+,36-/m0/s1. The van der Waals surface area contributed by atoms with Crippen LogP contribution in [0.4, 0.5) is 0 Å². The van der Waals surface area contributed by atoms with Gasteiger partial charge in [0.15, 0.2) is 0 Å². The lowest BCUT2D eigenvalue weighted by molar-refractivity contribution is -0.140. The normalized spacial score (nSPS) is 23.3. The van der Waals surface area contributed by atoms with Crippen LogP contribution in [-0.2, 0) is 24.3 Å². The first kappa shape index (κ1) is 28.6. The number of aliphatic hydroxyl groups is 1. The minimum Gasteiger partial charge on any atom is -0.457 e. The van der Waals surface area contributed by atoms with Crippen LogP contribution in [0.2, 0.25) is 0 Å². The van der Waals surface area contributed by atoms with Crippen LogP contribution in [0.3, 0.4) is 0 Å². The minimum absolute atomic E-state index is 0.0136. The number of carbonyl (C=O) groups excluding carboxylic acids is 1. The van der Waals surface area contributed by atoms with Gasteiger partial charge in [0.1, 0.15) is 11.5 Å². The van der Waals surface area contributed by atoms with Crippen molar-refractivity contribution in [1.82, 2.24) is 14.4 Å². The van der Waals surface area contributed by atoms with Crippen molar-refractivity contribution in [2.45, 2.75) is 44.4 Å². The molecule has 1 N–H and O–H groups in total. The first-order valence-corrected chi connectivity index (χ1v) is 15.8. The average Bonchev–Trinajstić information content (AvgIpc) is 3.59. The second-order valence-corrected chi connectivity index (χ2v) is 12.5. The van der Waals surface area contributed by atoms with Crippen LogP contribution in [-0.4, -0.2) is 51.1 Å². The predicted molar refractivity (Wildman–Crippen MR) is 169 cm³/mol. The molecule has 0 saturated carbocycles. The van der Waals surface area contributed by atoms with Gasteiger partial charge >= 0.3 is 0 Å². The molecule has 0 unspecified atom stereocenters. The molecule has 4 aromatic rings. The highest BCUT2D eigenvalue weighted by Gasteiger charge is 2.56. The number of hydrogen-bond acceptors (Lipinski definition) is 5. The van der Waals surface area contributed by atoms with Crippen LogP contribution in [0.5, 0.6) is 11.5 Å². The number of carbonyl (C=O) groups is 1. The Morgan fingerprint density at radius 2 is 1.48 bits per heavy atom. The van der Waals surface area contributed by atoms with E-state index >= 15 is 0 Å². The van der Waals surface area contributed by atoms with E-state index in [9.17, 15) is 14.7 Å². The Labute approximate surface area is 258 Å². The number of aliphatic hydroxyl groups excluding tert-OH is 1. The number of rotatable bonds is 8. The molecule has 0 aliphatic carbocycles. The summed E-state index contributed by atoms with van der Waals surface area (Å²) in [5.41, 5.74) is 3.31. The SMILES string of the molecule is O=C([C@@H]1[C@@H](CO)[C@@H]2Cn3c(cccc3=O)[C@@H]2N1Cc1ccc(Oc2ccccc2)cc1)N1CCC(Cc2ccccc2)CC1. The molecule has 7 nitrogen and oxygen atoms in total. The molecule has 4 atom stereocenters.